The number of esters is 1. The maximum atomic E-state index is 11.9. The maximum Gasteiger partial charge on any atom is 0.310 e. The third-order valence-corrected chi connectivity index (χ3v) is 3.16. The summed E-state index contributed by atoms with van der Waals surface area (Å²) in [4.78, 5) is 11.9. The van der Waals surface area contributed by atoms with E-state index < -0.39 is 5.92 Å². The summed E-state index contributed by atoms with van der Waals surface area (Å²) < 4.78 is 20.9. The van der Waals surface area contributed by atoms with Crippen LogP contribution >= 0.6 is 0 Å². The molecule has 1 aromatic rings. The molecule has 0 radical (unpaired) electrons. The Bertz CT molecular complexity index is 475. The van der Waals surface area contributed by atoms with Crippen molar-refractivity contribution in [2.45, 2.75) is 13.3 Å². The van der Waals surface area contributed by atoms with E-state index in [2.05, 4.69) is 0 Å². The SMILES string of the molecule is CCOC(=O)C(CN)Cc1cc(OC)c(OC)cc1OC. The van der Waals surface area contributed by atoms with Gasteiger partial charge in [0.25, 0.3) is 0 Å². The first-order valence-corrected chi connectivity index (χ1v) is 6.76. The first-order valence-electron chi connectivity index (χ1n) is 6.76. The maximum absolute atomic E-state index is 11.9. The number of benzene rings is 1. The zero-order chi connectivity index (χ0) is 15.8. The lowest BCUT2D eigenvalue weighted by molar-refractivity contribution is -0.147. The molecule has 1 aromatic carbocycles. The van der Waals surface area contributed by atoms with Gasteiger partial charge in [-0.25, -0.2) is 0 Å². The molecule has 0 heterocycles. The van der Waals surface area contributed by atoms with Gasteiger partial charge in [0.2, 0.25) is 0 Å². The summed E-state index contributed by atoms with van der Waals surface area (Å²) in [5.74, 6) is 1.04. The Hall–Kier alpha value is -1.95. The summed E-state index contributed by atoms with van der Waals surface area (Å²) in [6.07, 6.45) is 0.416. The third kappa shape index (κ3) is 4.26. The van der Waals surface area contributed by atoms with Gasteiger partial charge in [0, 0.05) is 12.6 Å². The van der Waals surface area contributed by atoms with Crippen molar-refractivity contribution in [1.82, 2.24) is 0 Å². The van der Waals surface area contributed by atoms with Crippen LogP contribution in [-0.4, -0.2) is 40.5 Å². The van der Waals surface area contributed by atoms with Crippen molar-refractivity contribution in [3.63, 3.8) is 0 Å². The van der Waals surface area contributed by atoms with Crippen molar-refractivity contribution in [1.29, 1.82) is 0 Å². The minimum absolute atomic E-state index is 0.205. The Morgan fingerprint density at radius 3 is 2.14 bits per heavy atom. The van der Waals surface area contributed by atoms with Crippen molar-refractivity contribution >= 4 is 5.97 Å². The molecule has 0 saturated carbocycles. The average Bonchev–Trinajstić information content (AvgIpc) is 2.51. The predicted octanol–water partition coefficient (Wildman–Crippen LogP) is 1.39. The van der Waals surface area contributed by atoms with Gasteiger partial charge in [-0.1, -0.05) is 0 Å². The molecule has 6 heteroatoms. The largest absolute Gasteiger partial charge is 0.496 e. The highest BCUT2D eigenvalue weighted by Gasteiger charge is 2.22. The minimum atomic E-state index is -0.419. The molecule has 118 valence electrons. The minimum Gasteiger partial charge on any atom is -0.496 e. The Morgan fingerprint density at radius 1 is 1.10 bits per heavy atom. The first kappa shape index (κ1) is 17.1. The molecule has 0 fully saturated rings. The summed E-state index contributed by atoms with van der Waals surface area (Å²) in [5, 5.41) is 0. The van der Waals surface area contributed by atoms with E-state index in [1.165, 1.54) is 0 Å². The molecule has 21 heavy (non-hydrogen) atoms. The topological polar surface area (TPSA) is 80.0 Å². The van der Waals surface area contributed by atoms with Crippen LogP contribution in [0.25, 0.3) is 0 Å². The molecule has 0 spiro atoms. The van der Waals surface area contributed by atoms with Crippen LogP contribution in [0.3, 0.4) is 0 Å². The zero-order valence-corrected chi connectivity index (χ0v) is 13.0. The smallest absolute Gasteiger partial charge is 0.310 e. The number of hydrogen-bond acceptors (Lipinski definition) is 6. The van der Waals surface area contributed by atoms with E-state index in [1.807, 2.05) is 0 Å². The van der Waals surface area contributed by atoms with Crippen LogP contribution in [0.2, 0.25) is 0 Å². The fourth-order valence-corrected chi connectivity index (χ4v) is 2.04. The van der Waals surface area contributed by atoms with E-state index in [1.54, 1.807) is 40.4 Å². The number of methoxy groups -OCH3 is 3. The molecule has 1 atom stereocenters. The molecular formula is C15H23NO5. The molecular weight excluding hydrogens is 274 g/mol. The Balaban J connectivity index is 3.07. The van der Waals surface area contributed by atoms with E-state index >= 15 is 0 Å². The number of ether oxygens (including phenoxy) is 4. The van der Waals surface area contributed by atoms with E-state index in [9.17, 15) is 4.79 Å². The second-order valence-electron chi connectivity index (χ2n) is 4.41. The van der Waals surface area contributed by atoms with Crippen LogP contribution in [0.1, 0.15) is 12.5 Å². The van der Waals surface area contributed by atoms with Gasteiger partial charge < -0.3 is 24.7 Å². The summed E-state index contributed by atoms with van der Waals surface area (Å²) >= 11 is 0. The molecule has 0 saturated heterocycles. The van der Waals surface area contributed by atoms with Crippen molar-refractivity contribution in [2.24, 2.45) is 11.7 Å². The van der Waals surface area contributed by atoms with Crippen LogP contribution in [0.5, 0.6) is 17.2 Å². The lowest BCUT2D eigenvalue weighted by Gasteiger charge is -2.17. The second-order valence-corrected chi connectivity index (χ2v) is 4.41. The average molecular weight is 297 g/mol. The van der Waals surface area contributed by atoms with Crippen LogP contribution in [0.15, 0.2) is 12.1 Å². The Morgan fingerprint density at radius 2 is 1.67 bits per heavy atom. The standard InChI is InChI=1S/C15H23NO5/c1-5-21-15(17)11(9-16)6-10-7-13(19-3)14(20-4)8-12(10)18-2/h7-8,11H,5-6,9,16H2,1-4H3. The van der Waals surface area contributed by atoms with Gasteiger partial charge in [0.15, 0.2) is 11.5 Å². The van der Waals surface area contributed by atoms with Crippen LogP contribution in [0.4, 0.5) is 0 Å². The van der Waals surface area contributed by atoms with Crippen LogP contribution < -0.4 is 19.9 Å². The molecule has 1 unspecified atom stereocenters. The molecule has 1 rings (SSSR count). The van der Waals surface area contributed by atoms with Crippen LogP contribution in [0, 0.1) is 5.92 Å². The third-order valence-electron chi connectivity index (χ3n) is 3.16. The van der Waals surface area contributed by atoms with Crippen molar-refractivity contribution < 1.29 is 23.7 Å². The van der Waals surface area contributed by atoms with Gasteiger partial charge in [-0.15, -0.1) is 0 Å². The fraction of sp³-hybridized carbons (Fsp3) is 0.533. The normalized spacial score (nSPS) is 11.7. The van der Waals surface area contributed by atoms with Gasteiger partial charge in [0.05, 0.1) is 33.9 Å². The molecule has 0 amide bonds. The summed E-state index contributed by atoms with van der Waals surface area (Å²) in [6.45, 7) is 2.30. The summed E-state index contributed by atoms with van der Waals surface area (Å²) in [6, 6.07) is 3.52. The Kier molecular flexibility index (Phi) is 6.81. The van der Waals surface area contributed by atoms with Gasteiger partial charge in [-0.2, -0.15) is 0 Å². The number of carbonyl (C=O) groups excluding carboxylic acids is 1. The monoisotopic (exact) mass is 297 g/mol. The van der Waals surface area contributed by atoms with Crippen molar-refractivity contribution in [3.05, 3.63) is 17.7 Å². The number of nitrogens with two attached hydrogens (primary N) is 1. The van der Waals surface area contributed by atoms with Gasteiger partial charge in [-0.05, 0) is 25.0 Å². The van der Waals surface area contributed by atoms with Gasteiger partial charge in [0.1, 0.15) is 5.75 Å². The highest BCUT2D eigenvalue weighted by atomic mass is 16.5. The molecule has 0 aliphatic rings. The Labute approximate surface area is 125 Å². The van der Waals surface area contributed by atoms with Gasteiger partial charge in [-0.3, -0.25) is 4.79 Å². The molecule has 0 aromatic heterocycles. The summed E-state index contributed by atoms with van der Waals surface area (Å²) in [7, 11) is 4.67. The summed E-state index contributed by atoms with van der Waals surface area (Å²) in [5.41, 5.74) is 6.49. The fourth-order valence-electron chi connectivity index (χ4n) is 2.04. The highest BCUT2D eigenvalue weighted by Crippen LogP contribution is 2.35. The van der Waals surface area contributed by atoms with Crippen molar-refractivity contribution in [2.75, 3.05) is 34.5 Å². The van der Waals surface area contributed by atoms with E-state index in [0.717, 1.165) is 5.56 Å². The lowest BCUT2D eigenvalue weighted by Crippen LogP contribution is -2.27. The molecule has 0 aliphatic heterocycles. The second kappa shape index (κ2) is 8.36. The number of rotatable bonds is 8. The molecule has 0 aliphatic carbocycles. The van der Waals surface area contributed by atoms with Crippen LogP contribution in [-0.2, 0) is 16.0 Å². The number of carbonyl (C=O) groups is 1. The number of hydrogen-bond donors (Lipinski definition) is 1. The zero-order valence-electron chi connectivity index (χ0n) is 13.0. The lowest BCUT2D eigenvalue weighted by atomic mass is 9.98. The molecule has 0 bridgehead atoms. The first-order chi connectivity index (χ1) is 10.1. The molecule has 6 nitrogen and oxygen atoms in total. The van der Waals surface area contributed by atoms with E-state index in [0.29, 0.717) is 30.3 Å². The van der Waals surface area contributed by atoms with Gasteiger partial charge >= 0.3 is 5.97 Å². The van der Waals surface area contributed by atoms with Crippen molar-refractivity contribution in [3.8, 4) is 17.2 Å². The van der Waals surface area contributed by atoms with E-state index in [-0.39, 0.29) is 12.5 Å². The quantitative estimate of drug-likeness (QED) is 0.730. The highest BCUT2D eigenvalue weighted by molar-refractivity contribution is 5.73. The predicted molar refractivity (Wildman–Crippen MR) is 79.0 cm³/mol. The molecule has 2 N–H and O–H groups in total. The van der Waals surface area contributed by atoms with E-state index in [4.69, 9.17) is 24.7 Å².